The second-order valence-corrected chi connectivity index (χ2v) is 5.10. The zero-order valence-corrected chi connectivity index (χ0v) is 12.3. The summed E-state index contributed by atoms with van der Waals surface area (Å²) in [4.78, 5) is 22.2. The van der Waals surface area contributed by atoms with Gasteiger partial charge in [0, 0.05) is 11.8 Å². The van der Waals surface area contributed by atoms with E-state index in [1.807, 2.05) is 13.2 Å². The summed E-state index contributed by atoms with van der Waals surface area (Å²) in [6, 6.07) is -0.133. The van der Waals surface area contributed by atoms with Gasteiger partial charge < -0.3 is 15.7 Å². The standard InChI is InChI=1S/C11H19N5O3S/c1-3-8(7-20-2)13-11(19)12-4-9-5-16(15-14-9)6-10(17)18/h5,8H,3-4,6-7H2,1-2H3,(H,17,18)(H2,12,13,19). The summed E-state index contributed by atoms with van der Waals surface area (Å²) in [6.07, 6.45) is 4.35. The number of amides is 2. The summed E-state index contributed by atoms with van der Waals surface area (Å²) in [5.74, 6) is -0.131. The van der Waals surface area contributed by atoms with E-state index in [0.29, 0.717) is 5.69 Å². The van der Waals surface area contributed by atoms with Crippen molar-refractivity contribution < 1.29 is 14.7 Å². The van der Waals surface area contributed by atoms with Crippen LogP contribution in [-0.4, -0.2) is 50.2 Å². The average molecular weight is 301 g/mol. The largest absolute Gasteiger partial charge is 0.480 e. The number of thioether (sulfide) groups is 1. The molecule has 0 spiro atoms. The number of carboxylic acid groups (broad SMARTS) is 1. The molecule has 1 rings (SSSR count). The minimum Gasteiger partial charge on any atom is -0.480 e. The van der Waals surface area contributed by atoms with Crippen molar-refractivity contribution in [1.29, 1.82) is 0 Å². The van der Waals surface area contributed by atoms with Gasteiger partial charge in [0.15, 0.2) is 0 Å². The van der Waals surface area contributed by atoms with Gasteiger partial charge in [-0.15, -0.1) is 5.10 Å². The van der Waals surface area contributed by atoms with Crippen LogP contribution in [0.4, 0.5) is 4.79 Å². The van der Waals surface area contributed by atoms with Crippen LogP contribution < -0.4 is 10.6 Å². The van der Waals surface area contributed by atoms with Crippen LogP contribution in [0.15, 0.2) is 6.20 Å². The summed E-state index contributed by atoms with van der Waals surface area (Å²) < 4.78 is 1.21. The lowest BCUT2D eigenvalue weighted by atomic mass is 10.3. The molecule has 1 aromatic heterocycles. The van der Waals surface area contributed by atoms with Gasteiger partial charge in [0.25, 0.3) is 0 Å². The first-order valence-corrected chi connectivity index (χ1v) is 7.58. The zero-order chi connectivity index (χ0) is 15.0. The summed E-state index contributed by atoms with van der Waals surface area (Å²) >= 11 is 1.68. The molecule has 0 fully saturated rings. The molecule has 0 aromatic carbocycles. The molecule has 0 saturated carbocycles. The van der Waals surface area contributed by atoms with Gasteiger partial charge in [-0.05, 0) is 12.7 Å². The maximum absolute atomic E-state index is 11.7. The Morgan fingerprint density at radius 2 is 2.30 bits per heavy atom. The fourth-order valence-corrected chi connectivity index (χ4v) is 2.23. The molecule has 1 atom stereocenters. The van der Waals surface area contributed by atoms with E-state index in [1.54, 1.807) is 11.8 Å². The Kier molecular flexibility index (Phi) is 6.85. The summed E-state index contributed by atoms with van der Waals surface area (Å²) in [5, 5.41) is 21.6. The predicted octanol–water partition coefficient (Wildman–Crippen LogP) is 0.304. The van der Waals surface area contributed by atoms with Gasteiger partial charge in [-0.3, -0.25) is 4.79 Å². The number of carbonyl (C=O) groups is 2. The van der Waals surface area contributed by atoms with Crippen LogP contribution in [0.3, 0.4) is 0 Å². The van der Waals surface area contributed by atoms with Crippen molar-refractivity contribution in [3.63, 3.8) is 0 Å². The first-order valence-electron chi connectivity index (χ1n) is 6.19. The van der Waals surface area contributed by atoms with Crippen molar-refractivity contribution in [2.45, 2.75) is 32.5 Å². The molecule has 0 bridgehead atoms. The summed E-state index contributed by atoms with van der Waals surface area (Å²) in [6.45, 7) is 1.98. The highest BCUT2D eigenvalue weighted by molar-refractivity contribution is 7.98. The molecule has 0 aliphatic rings. The molecule has 8 nitrogen and oxygen atoms in total. The number of carbonyl (C=O) groups excluding carboxylic acids is 1. The van der Waals surface area contributed by atoms with Crippen LogP contribution in [-0.2, 0) is 17.9 Å². The van der Waals surface area contributed by atoms with Crippen LogP contribution in [0.1, 0.15) is 19.0 Å². The molecular weight excluding hydrogens is 282 g/mol. The number of aromatic nitrogens is 3. The van der Waals surface area contributed by atoms with Crippen molar-refractivity contribution in [3.05, 3.63) is 11.9 Å². The number of nitrogens with zero attached hydrogens (tertiary/aromatic N) is 3. The Morgan fingerprint density at radius 1 is 1.55 bits per heavy atom. The molecule has 0 radical (unpaired) electrons. The molecule has 2 amide bonds. The molecule has 9 heteroatoms. The summed E-state index contributed by atoms with van der Waals surface area (Å²) in [5.41, 5.74) is 0.513. The zero-order valence-electron chi connectivity index (χ0n) is 11.5. The van der Waals surface area contributed by atoms with Gasteiger partial charge in [0.1, 0.15) is 12.2 Å². The Labute approximate surface area is 121 Å². The topological polar surface area (TPSA) is 109 Å². The van der Waals surface area contributed by atoms with Crippen molar-refractivity contribution >= 4 is 23.8 Å². The number of hydrogen-bond donors (Lipinski definition) is 3. The third kappa shape index (κ3) is 5.91. The van der Waals surface area contributed by atoms with Crippen LogP contribution in [0.25, 0.3) is 0 Å². The molecule has 1 heterocycles. The van der Waals surface area contributed by atoms with Crippen LogP contribution in [0.2, 0.25) is 0 Å². The molecule has 3 N–H and O–H groups in total. The highest BCUT2D eigenvalue weighted by Gasteiger charge is 2.10. The van der Waals surface area contributed by atoms with Gasteiger partial charge in [-0.25, -0.2) is 9.48 Å². The third-order valence-electron chi connectivity index (χ3n) is 2.51. The average Bonchev–Trinajstić information content (AvgIpc) is 2.82. The molecule has 20 heavy (non-hydrogen) atoms. The second-order valence-electron chi connectivity index (χ2n) is 4.19. The van der Waals surface area contributed by atoms with E-state index in [2.05, 4.69) is 20.9 Å². The van der Waals surface area contributed by atoms with Gasteiger partial charge >= 0.3 is 12.0 Å². The van der Waals surface area contributed by atoms with Crippen molar-refractivity contribution in [1.82, 2.24) is 25.6 Å². The number of urea groups is 1. The second kappa shape index (κ2) is 8.41. The molecule has 0 saturated heterocycles. The van der Waals surface area contributed by atoms with E-state index in [4.69, 9.17) is 5.11 Å². The van der Waals surface area contributed by atoms with E-state index < -0.39 is 5.97 Å². The molecule has 1 unspecified atom stereocenters. The van der Waals surface area contributed by atoms with Crippen LogP contribution in [0.5, 0.6) is 0 Å². The molecule has 0 aliphatic heterocycles. The Bertz CT molecular complexity index is 451. The van der Waals surface area contributed by atoms with E-state index in [1.165, 1.54) is 10.9 Å². The lowest BCUT2D eigenvalue weighted by molar-refractivity contribution is -0.137. The minimum atomic E-state index is -0.991. The molecule has 112 valence electrons. The fraction of sp³-hybridized carbons (Fsp3) is 0.636. The van der Waals surface area contributed by atoms with Crippen LogP contribution in [0, 0.1) is 0 Å². The maximum atomic E-state index is 11.7. The number of aliphatic carboxylic acids is 1. The minimum absolute atomic E-state index is 0.132. The van der Waals surface area contributed by atoms with Crippen molar-refractivity contribution in [2.24, 2.45) is 0 Å². The van der Waals surface area contributed by atoms with Crippen molar-refractivity contribution in [3.8, 4) is 0 Å². The third-order valence-corrected chi connectivity index (χ3v) is 3.24. The SMILES string of the molecule is CCC(CSC)NC(=O)NCc1cn(CC(=O)O)nn1. The Hall–Kier alpha value is -1.77. The Morgan fingerprint density at radius 3 is 2.90 bits per heavy atom. The first kappa shape index (κ1) is 16.3. The predicted molar refractivity (Wildman–Crippen MR) is 75.5 cm³/mol. The van der Waals surface area contributed by atoms with Gasteiger partial charge in [0.2, 0.25) is 0 Å². The highest BCUT2D eigenvalue weighted by atomic mass is 32.2. The van der Waals surface area contributed by atoms with Gasteiger partial charge in [0.05, 0.1) is 12.7 Å². The number of hydrogen-bond acceptors (Lipinski definition) is 5. The molecular formula is C11H19N5O3S. The van der Waals surface area contributed by atoms with Gasteiger partial charge in [-0.2, -0.15) is 11.8 Å². The maximum Gasteiger partial charge on any atom is 0.325 e. The molecule has 0 aliphatic carbocycles. The van der Waals surface area contributed by atoms with E-state index in [9.17, 15) is 9.59 Å². The number of nitrogens with one attached hydrogen (secondary N) is 2. The molecule has 1 aromatic rings. The smallest absolute Gasteiger partial charge is 0.325 e. The van der Waals surface area contributed by atoms with Gasteiger partial charge in [-0.1, -0.05) is 12.1 Å². The highest BCUT2D eigenvalue weighted by Crippen LogP contribution is 2.00. The summed E-state index contributed by atoms with van der Waals surface area (Å²) in [7, 11) is 0. The quantitative estimate of drug-likeness (QED) is 0.637. The van der Waals surface area contributed by atoms with E-state index in [-0.39, 0.29) is 25.2 Å². The van der Waals surface area contributed by atoms with E-state index in [0.717, 1.165) is 12.2 Å². The monoisotopic (exact) mass is 301 g/mol. The fourth-order valence-electron chi connectivity index (χ4n) is 1.51. The van der Waals surface area contributed by atoms with Crippen molar-refractivity contribution in [2.75, 3.05) is 12.0 Å². The lowest BCUT2D eigenvalue weighted by Crippen LogP contribution is -2.42. The van der Waals surface area contributed by atoms with E-state index >= 15 is 0 Å². The number of carboxylic acids is 1. The first-order chi connectivity index (χ1) is 9.55. The Balaban J connectivity index is 2.36. The number of rotatable bonds is 8. The lowest BCUT2D eigenvalue weighted by Gasteiger charge is -2.15. The van der Waals surface area contributed by atoms with Crippen LogP contribution >= 0.6 is 11.8 Å². The normalized spacial score (nSPS) is 11.9.